The monoisotopic (exact) mass is 364 g/mol. The first kappa shape index (κ1) is 18.0. The Morgan fingerprint density at radius 3 is 2.48 bits per heavy atom. The molecule has 2 aliphatic rings. The van der Waals surface area contributed by atoms with Gasteiger partial charge in [0.05, 0.1) is 4.90 Å². The van der Waals surface area contributed by atoms with Crippen molar-refractivity contribution in [1.29, 1.82) is 0 Å². The summed E-state index contributed by atoms with van der Waals surface area (Å²) >= 11 is 0. The molecule has 0 radical (unpaired) electrons. The van der Waals surface area contributed by atoms with Crippen LogP contribution in [0.25, 0.3) is 0 Å². The number of nitrogens with zero attached hydrogens (tertiary/aromatic N) is 3. The number of guanidine groups is 1. The zero-order valence-corrected chi connectivity index (χ0v) is 15.3. The van der Waals surface area contributed by atoms with Gasteiger partial charge in [0, 0.05) is 19.3 Å². The number of hydrogen-bond acceptors (Lipinski definition) is 6. The van der Waals surface area contributed by atoms with Crippen molar-refractivity contribution in [3.63, 3.8) is 0 Å². The smallest absolute Gasteiger partial charge is 0.264 e. The highest BCUT2D eigenvalue weighted by molar-refractivity contribution is 7.90. The Balaban J connectivity index is 1.82. The fourth-order valence-electron chi connectivity index (χ4n) is 3.10. The molecule has 2 aliphatic heterocycles. The molecule has 2 unspecified atom stereocenters. The van der Waals surface area contributed by atoms with Crippen molar-refractivity contribution in [3.8, 4) is 0 Å². The van der Waals surface area contributed by atoms with Gasteiger partial charge in [-0.3, -0.25) is 4.90 Å². The standard InChI is InChI=1S/C17H24N4O3S/c1-13-6-8-14(9-7-13)25(23,24)20-16-18-12-17(2,22)15(19-16)21-10-4-3-5-11-21/h6-9,12,15,22H,3-5,10-11H2,1-2H3,(H,19,20). The molecule has 1 aromatic carbocycles. The van der Waals surface area contributed by atoms with E-state index >= 15 is 0 Å². The molecule has 1 aromatic rings. The van der Waals surface area contributed by atoms with Gasteiger partial charge in [-0.05, 0) is 38.8 Å². The number of aliphatic imine (C=N–C) groups is 2. The number of aryl methyl sites for hydroxylation is 1. The number of benzene rings is 1. The van der Waals surface area contributed by atoms with E-state index in [1.54, 1.807) is 31.2 Å². The van der Waals surface area contributed by atoms with Crippen LogP contribution in [-0.2, 0) is 10.0 Å². The number of sulfonamides is 1. The lowest BCUT2D eigenvalue weighted by molar-refractivity contribution is 0.0153. The van der Waals surface area contributed by atoms with Gasteiger partial charge in [0.2, 0.25) is 5.96 Å². The van der Waals surface area contributed by atoms with Crippen molar-refractivity contribution in [2.75, 3.05) is 13.1 Å². The molecule has 2 N–H and O–H groups in total. The number of nitrogens with one attached hydrogen (secondary N) is 1. The summed E-state index contributed by atoms with van der Waals surface area (Å²) in [5.41, 5.74) is -0.246. The van der Waals surface area contributed by atoms with Crippen LogP contribution in [0.5, 0.6) is 0 Å². The maximum absolute atomic E-state index is 12.5. The Kier molecular flexibility index (Phi) is 4.95. The van der Waals surface area contributed by atoms with Crippen molar-refractivity contribution >= 4 is 22.2 Å². The molecule has 136 valence electrons. The lowest BCUT2D eigenvalue weighted by Crippen LogP contribution is -2.55. The van der Waals surface area contributed by atoms with Crippen LogP contribution in [0, 0.1) is 6.92 Å². The summed E-state index contributed by atoms with van der Waals surface area (Å²) in [4.78, 5) is 10.6. The number of piperidine rings is 1. The number of hydrogen-bond donors (Lipinski definition) is 2. The fraction of sp³-hybridized carbons (Fsp3) is 0.529. The van der Waals surface area contributed by atoms with E-state index in [1.807, 2.05) is 6.92 Å². The molecule has 2 atom stereocenters. The molecule has 1 fully saturated rings. The second kappa shape index (κ2) is 6.86. The van der Waals surface area contributed by atoms with Crippen molar-refractivity contribution in [3.05, 3.63) is 29.8 Å². The van der Waals surface area contributed by atoms with Gasteiger partial charge in [0.1, 0.15) is 11.8 Å². The van der Waals surface area contributed by atoms with Crippen LogP contribution < -0.4 is 4.72 Å². The predicted octanol–water partition coefficient (Wildman–Crippen LogP) is 1.28. The Morgan fingerprint density at radius 2 is 1.84 bits per heavy atom. The minimum atomic E-state index is -3.76. The second-order valence-corrected chi connectivity index (χ2v) is 8.51. The van der Waals surface area contributed by atoms with Crippen molar-refractivity contribution < 1.29 is 13.5 Å². The maximum Gasteiger partial charge on any atom is 0.264 e. The van der Waals surface area contributed by atoms with E-state index in [2.05, 4.69) is 19.6 Å². The van der Waals surface area contributed by atoms with Gasteiger partial charge in [-0.2, -0.15) is 0 Å². The third-order valence-corrected chi connectivity index (χ3v) is 5.85. The number of aliphatic hydroxyl groups is 1. The van der Waals surface area contributed by atoms with E-state index < -0.39 is 21.8 Å². The predicted molar refractivity (Wildman–Crippen MR) is 97.3 cm³/mol. The minimum Gasteiger partial charge on any atom is -0.381 e. The van der Waals surface area contributed by atoms with Crippen molar-refractivity contribution in [1.82, 2.24) is 9.62 Å². The van der Waals surface area contributed by atoms with Crippen LogP contribution in [0.2, 0.25) is 0 Å². The molecule has 2 heterocycles. The van der Waals surface area contributed by atoms with Gasteiger partial charge in [-0.15, -0.1) is 0 Å². The second-order valence-electron chi connectivity index (χ2n) is 6.83. The van der Waals surface area contributed by atoms with E-state index in [0.717, 1.165) is 37.9 Å². The lowest BCUT2D eigenvalue weighted by Gasteiger charge is -2.39. The van der Waals surface area contributed by atoms with Gasteiger partial charge in [0.25, 0.3) is 10.0 Å². The molecule has 8 heteroatoms. The lowest BCUT2D eigenvalue weighted by atomic mass is 10.00. The highest BCUT2D eigenvalue weighted by Crippen LogP contribution is 2.23. The van der Waals surface area contributed by atoms with Gasteiger partial charge in [-0.1, -0.05) is 24.1 Å². The van der Waals surface area contributed by atoms with Gasteiger partial charge >= 0.3 is 0 Å². The molecule has 0 aromatic heterocycles. The summed E-state index contributed by atoms with van der Waals surface area (Å²) in [5, 5.41) is 10.6. The summed E-state index contributed by atoms with van der Waals surface area (Å²) in [6, 6.07) is 6.57. The molecule has 0 amide bonds. The van der Waals surface area contributed by atoms with E-state index in [0.29, 0.717) is 0 Å². The van der Waals surface area contributed by atoms with Gasteiger partial charge < -0.3 is 5.11 Å². The minimum absolute atomic E-state index is 0.00248. The Labute approximate surface area is 148 Å². The SMILES string of the molecule is Cc1ccc(S(=O)(=O)NC2=NC(N3CCCCC3)C(C)(O)C=N2)cc1. The van der Waals surface area contributed by atoms with Crippen LogP contribution in [0.1, 0.15) is 31.7 Å². The Bertz CT molecular complexity index is 779. The summed E-state index contributed by atoms with van der Waals surface area (Å²) < 4.78 is 27.5. The first-order chi connectivity index (χ1) is 11.8. The zero-order valence-electron chi connectivity index (χ0n) is 14.5. The van der Waals surface area contributed by atoms with Crippen LogP contribution in [0.4, 0.5) is 0 Å². The van der Waals surface area contributed by atoms with E-state index in [-0.39, 0.29) is 10.9 Å². The van der Waals surface area contributed by atoms with Crippen LogP contribution in [0.3, 0.4) is 0 Å². The molecular weight excluding hydrogens is 340 g/mol. The quantitative estimate of drug-likeness (QED) is 0.845. The normalized spacial score (nSPS) is 27.8. The topological polar surface area (TPSA) is 94.4 Å². The van der Waals surface area contributed by atoms with Crippen LogP contribution >= 0.6 is 0 Å². The van der Waals surface area contributed by atoms with E-state index in [4.69, 9.17) is 0 Å². The van der Waals surface area contributed by atoms with Crippen molar-refractivity contribution in [2.45, 2.75) is 49.8 Å². The molecule has 0 bridgehead atoms. The molecular formula is C17H24N4O3S. The molecule has 1 saturated heterocycles. The first-order valence-corrected chi connectivity index (χ1v) is 9.95. The molecule has 3 rings (SSSR count). The average molecular weight is 364 g/mol. The molecule has 7 nitrogen and oxygen atoms in total. The molecule has 0 saturated carbocycles. The fourth-order valence-corrected chi connectivity index (χ4v) is 4.06. The summed E-state index contributed by atoms with van der Waals surface area (Å²) in [7, 11) is -3.76. The average Bonchev–Trinajstić information content (AvgIpc) is 2.57. The van der Waals surface area contributed by atoms with Crippen molar-refractivity contribution in [2.24, 2.45) is 9.98 Å². The highest BCUT2D eigenvalue weighted by Gasteiger charge is 2.38. The molecule has 0 aliphatic carbocycles. The molecule has 0 spiro atoms. The van der Waals surface area contributed by atoms with Gasteiger partial charge in [-0.25, -0.2) is 23.1 Å². The zero-order chi connectivity index (χ0) is 18.1. The van der Waals surface area contributed by atoms with Gasteiger partial charge in [0.15, 0.2) is 0 Å². The Hall–Kier alpha value is -1.77. The van der Waals surface area contributed by atoms with E-state index in [1.165, 1.54) is 6.21 Å². The maximum atomic E-state index is 12.5. The molecule has 25 heavy (non-hydrogen) atoms. The third-order valence-electron chi connectivity index (χ3n) is 4.51. The highest BCUT2D eigenvalue weighted by atomic mass is 32.2. The third kappa shape index (κ3) is 4.08. The summed E-state index contributed by atoms with van der Waals surface area (Å²) in [6.45, 7) is 5.20. The number of likely N-dealkylation sites (tertiary alicyclic amines) is 1. The van der Waals surface area contributed by atoms with E-state index in [9.17, 15) is 13.5 Å². The largest absolute Gasteiger partial charge is 0.381 e. The first-order valence-electron chi connectivity index (χ1n) is 8.47. The number of rotatable bonds is 3. The summed E-state index contributed by atoms with van der Waals surface area (Å²) in [6.07, 6.45) is 4.08. The van der Waals surface area contributed by atoms with Crippen LogP contribution in [0.15, 0.2) is 39.1 Å². The van der Waals surface area contributed by atoms with Crippen LogP contribution in [-0.4, -0.2) is 55.5 Å². The summed E-state index contributed by atoms with van der Waals surface area (Å²) in [5.74, 6) is 0.00248. The Morgan fingerprint density at radius 1 is 1.20 bits per heavy atom.